The number of rotatable bonds is 9. The average Bonchev–Trinajstić information content (AvgIpc) is 2.25. The maximum Gasteiger partial charge on any atom is 0.108 e. The largest absolute Gasteiger partial charge is 0.393 e. The van der Waals surface area contributed by atoms with Crippen LogP contribution in [0.25, 0.3) is 0 Å². The van der Waals surface area contributed by atoms with Gasteiger partial charge < -0.3 is 10.2 Å². The Balaban J connectivity index is 4.08. The van der Waals surface area contributed by atoms with Crippen molar-refractivity contribution in [2.75, 3.05) is 6.61 Å². The molecule has 0 aromatic heterocycles. The molecule has 1 unspecified atom stereocenters. The van der Waals surface area contributed by atoms with Crippen LogP contribution in [0.1, 0.15) is 58.8 Å². The van der Waals surface area contributed by atoms with Crippen molar-refractivity contribution in [3.8, 4) is 0 Å². The highest BCUT2D eigenvalue weighted by molar-refractivity contribution is 5.12. The first-order valence-electron chi connectivity index (χ1n) is 6.12. The smallest absolute Gasteiger partial charge is 0.108 e. The molecule has 0 aliphatic heterocycles. The summed E-state index contributed by atoms with van der Waals surface area (Å²) in [6, 6.07) is 0. The van der Waals surface area contributed by atoms with E-state index in [2.05, 4.69) is 20.4 Å². The van der Waals surface area contributed by atoms with Gasteiger partial charge in [0.15, 0.2) is 0 Å². The van der Waals surface area contributed by atoms with E-state index in [4.69, 9.17) is 0 Å². The highest BCUT2D eigenvalue weighted by atomic mass is 16.3. The van der Waals surface area contributed by atoms with Gasteiger partial charge in [-0.2, -0.15) is 0 Å². The summed E-state index contributed by atoms with van der Waals surface area (Å²) in [4.78, 5) is 0. The van der Waals surface area contributed by atoms with Crippen LogP contribution >= 0.6 is 0 Å². The van der Waals surface area contributed by atoms with Crippen LogP contribution in [0, 0.1) is 0 Å². The molecule has 0 amide bonds. The van der Waals surface area contributed by atoms with Crippen LogP contribution in [0.2, 0.25) is 0 Å². The van der Waals surface area contributed by atoms with Crippen LogP contribution < -0.4 is 0 Å². The van der Waals surface area contributed by atoms with E-state index in [-0.39, 0.29) is 6.61 Å². The van der Waals surface area contributed by atoms with Crippen molar-refractivity contribution in [3.05, 3.63) is 12.2 Å². The highest BCUT2D eigenvalue weighted by Gasteiger charge is 2.28. The molecule has 0 radical (unpaired) electrons. The zero-order chi connectivity index (χ0) is 11.7. The third-order valence-corrected chi connectivity index (χ3v) is 2.95. The molecular formula is C13H26O2. The quantitative estimate of drug-likeness (QED) is 0.457. The molecule has 0 saturated carbocycles. The minimum Gasteiger partial charge on any atom is -0.393 e. The monoisotopic (exact) mass is 214 g/mol. The van der Waals surface area contributed by atoms with E-state index in [0.717, 1.165) is 44.1 Å². The lowest BCUT2D eigenvalue weighted by molar-refractivity contribution is 0.00594. The Morgan fingerprint density at radius 2 is 1.73 bits per heavy atom. The van der Waals surface area contributed by atoms with Crippen molar-refractivity contribution in [3.63, 3.8) is 0 Å². The minimum atomic E-state index is -1.04. The molecule has 0 bridgehead atoms. The second-order valence-electron chi connectivity index (χ2n) is 4.35. The number of hydrogen-bond acceptors (Lipinski definition) is 2. The van der Waals surface area contributed by atoms with Gasteiger partial charge in [0.05, 0.1) is 6.61 Å². The Morgan fingerprint density at radius 1 is 1.13 bits per heavy atom. The summed E-state index contributed by atoms with van der Waals surface area (Å²) in [5, 5.41) is 19.4. The van der Waals surface area contributed by atoms with E-state index >= 15 is 0 Å². The second kappa shape index (κ2) is 7.89. The molecule has 2 nitrogen and oxygen atoms in total. The van der Waals surface area contributed by atoms with Crippen LogP contribution in [-0.2, 0) is 0 Å². The third kappa shape index (κ3) is 5.33. The van der Waals surface area contributed by atoms with E-state index in [1.807, 2.05) is 0 Å². The van der Waals surface area contributed by atoms with Gasteiger partial charge >= 0.3 is 0 Å². The topological polar surface area (TPSA) is 40.5 Å². The fourth-order valence-electron chi connectivity index (χ4n) is 1.66. The van der Waals surface area contributed by atoms with Gasteiger partial charge in [-0.05, 0) is 24.8 Å². The molecule has 1 atom stereocenters. The second-order valence-corrected chi connectivity index (χ2v) is 4.35. The van der Waals surface area contributed by atoms with Gasteiger partial charge in [-0.15, -0.1) is 0 Å². The molecule has 0 aliphatic carbocycles. The fourth-order valence-corrected chi connectivity index (χ4v) is 1.66. The lowest BCUT2D eigenvalue weighted by Crippen LogP contribution is -2.35. The van der Waals surface area contributed by atoms with Crippen molar-refractivity contribution in [1.82, 2.24) is 0 Å². The van der Waals surface area contributed by atoms with Gasteiger partial charge in [0.2, 0.25) is 0 Å². The van der Waals surface area contributed by atoms with E-state index < -0.39 is 5.60 Å². The van der Waals surface area contributed by atoms with Gasteiger partial charge in [0, 0.05) is 0 Å². The normalized spacial score (nSPS) is 14.9. The Bertz CT molecular complexity index is 177. The van der Waals surface area contributed by atoms with Gasteiger partial charge in [0.25, 0.3) is 0 Å². The fraction of sp³-hybridized carbons (Fsp3) is 0.846. The molecule has 15 heavy (non-hydrogen) atoms. The molecule has 0 aliphatic rings. The SMILES string of the molecule is C=C(CCCC)C(O)(CO)CCCCC. The summed E-state index contributed by atoms with van der Waals surface area (Å²) < 4.78 is 0. The summed E-state index contributed by atoms with van der Waals surface area (Å²) in [6.45, 7) is 7.95. The van der Waals surface area contributed by atoms with Gasteiger partial charge in [-0.25, -0.2) is 0 Å². The predicted molar refractivity (Wildman–Crippen MR) is 64.8 cm³/mol. The van der Waals surface area contributed by atoms with E-state index in [1.54, 1.807) is 0 Å². The Kier molecular flexibility index (Phi) is 7.71. The molecular weight excluding hydrogens is 188 g/mol. The zero-order valence-corrected chi connectivity index (χ0v) is 10.3. The molecule has 0 aromatic carbocycles. The molecule has 2 heteroatoms. The first-order valence-corrected chi connectivity index (χ1v) is 6.12. The minimum absolute atomic E-state index is 0.195. The van der Waals surface area contributed by atoms with Crippen LogP contribution in [0.4, 0.5) is 0 Å². The van der Waals surface area contributed by atoms with Crippen molar-refractivity contribution < 1.29 is 10.2 Å². The molecule has 90 valence electrons. The van der Waals surface area contributed by atoms with Crippen LogP contribution in [0.5, 0.6) is 0 Å². The maximum atomic E-state index is 10.2. The maximum absolute atomic E-state index is 10.2. The highest BCUT2D eigenvalue weighted by Crippen LogP contribution is 2.26. The van der Waals surface area contributed by atoms with E-state index in [0.29, 0.717) is 6.42 Å². The average molecular weight is 214 g/mol. The Hall–Kier alpha value is -0.340. The van der Waals surface area contributed by atoms with Crippen molar-refractivity contribution in [2.24, 2.45) is 0 Å². The summed E-state index contributed by atoms with van der Waals surface area (Å²) in [5.74, 6) is 0. The number of aliphatic hydroxyl groups is 2. The zero-order valence-electron chi connectivity index (χ0n) is 10.3. The van der Waals surface area contributed by atoms with Crippen LogP contribution in [0.3, 0.4) is 0 Å². The van der Waals surface area contributed by atoms with E-state index in [9.17, 15) is 10.2 Å². The molecule has 0 aromatic rings. The summed E-state index contributed by atoms with van der Waals surface area (Å²) >= 11 is 0. The number of hydrogen-bond donors (Lipinski definition) is 2. The van der Waals surface area contributed by atoms with Crippen LogP contribution in [-0.4, -0.2) is 22.4 Å². The first kappa shape index (κ1) is 14.7. The van der Waals surface area contributed by atoms with Gasteiger partial charge in [0.1, 0.15) is 5.60 Å². The summed E-state index contributed by atoms with van der Waals surface area (Å²) in [5.41, 5.74) is -0.243. The lowest BCUT2D eigenvalue weighted by atomic mass is 9.87. The molecule has 0 rings (SSSR count). The number of unbranched alkanes of at least 4 members (excludes halogenated alkanes) is 3. The van der Waals surface area contributed by atoms with Crippen molar-refractivity contribution in [1.29, 1.82) is 0 Å². The molecule has 0 heterocycles. The molecule has 0 saturated heterocycles. The van der Waals surface area contributed by atoms with Crippen LogP contribution in [0.15, 0.2) is 12.2 Å². The number of aliphatic hydroxyl groups excluding tert-OH is 1. The van der Waals surface area contributed by atoms with E-state index in [1.165, 1.54) is 0 Å². The Morgan fingerprint density at radius 3 is 2.20 bits per heavy atom. The van der Waals surface area contributed by atoms with Gasteiger partial charge in [-0.3, -0.25) is 0 Å². The molecule has 0 spiro atoms. The first-order chi connectivity index (χ1) is 7.10. The third-order valence-electron chi connectivity index (χ3n) is 2.95. The van der Waals surface area contributed by atoms with Crippen molar-refractivity contribution >= 4 is 0 Å². The Labute approximate surface area is 94.0 Å². The summed E-state index contributed by atoms with van der Waals surface area (Å²) in [6.07, 6.45) is 6.77. The lowest BCUT2D eigenvalue weighted by Gasteiger charge is -2.28. The predicted octanol–water partition coefficient (Wildman–Crippen LogP) is 3.04. The van der Waals surface area contributed by atoms with Crippen molar-refractivity contribution in [2.45, 2.75) is 64.4 Å². The standard InChI is InChI=1S/C13H26O2/c1-4-6-8-10-13(15,11-14)12(3)9-7-5-2/h14-15H,3-11H2,1-2H3. The molecule has 0 fully saturated rings. The van der Waals surface area contributed by atoms with Gasteiger partial charge in [-0.1, -0.05) is 46.1 Å². The summed E-state index contributed by atoms with van der Waals surface area (Å²) in [7, 11) is 0. The molecule has 2 N–H and O–H groups in total.